The molecular weight excluding hydrogens is 289 g/mol. The number of alkyl halides is 3. The number of aromatic carboxylic acids is 1. The van der Waals surface area contributed by atoms with Gasteiger partial charge in [-0.05, 0) is 31.5 Å². The molecule has 5 nitrogen and oxygen atoms in total. The highest BCUT2D eigenvalue weighted by Crippen LogP contribution is 2.34. The summed E-state index contributed by atoms with van der Waals surface area (Å²) < 4.78 is 40.2. The molecule has 8 heteroatoms. The maximum atomic E-state index is 13.1. The van der Waals surface area contributed by atoms with Crippen molar-refractivity contribution in [2.24, 2.45) is 0 Å². The number of aromatic nitrogens is 2. The molecular formula is C13H13F3N2O3. The molecule has 0 bridgehead atoms. The number of rotatable bonds is 4. The molecule has 1 aromatic carbocycles. The molecule has 0 saturated heterocycles. The number of carboxylic acid groups (broad SMARTS) is 1. The lowest BCUT2D eigenvalue weighted by molar-refractivity contribution is -0.147. The summed E-state index contributed by atoms with van der Waals surface area (Å²) in [6, 6.07) is 2.95. The maximum absolute atomic E-state index is 13.1. The first-order valence-corrected chi connectivity index (χ1v) is 6.19. The smallest absolute Gasteiger partial charge is 0.449 e. The molecule has 2 rings (SSSR count). The molecule has 2 N–H and O–H groups in total. The number of aliphatic hydroxyl groups is 1. The van der Waals surface area contributed by atoms with E-state index < -0.39 is 24.0 Å². The van der Waals surface area contributed by atoms with Crippen LogP contribution in [0.2, 0.25) is 0 Å². The van der Waals surface area contributed by atoms with Gasteiger partial charge in [0.1, 0.15) is 0 Å². The van der Waals surface area contributed by atoms with Gasteiger partial charge in [-0.2, -0.15) is 13.2 Å². The Bertz CT molecular complexity index is 679. The molecule has 0 fully saturated rings. The van der Waals surface area contributed by atoms with E-state index in [2.05, 4.69) is 4.98 Å². The molecule has 1 aromatic heterocycles. The van der Waals surface area contributed by atoms with Gasteiger partial charge in [0.2, 0.25) is 5.82 Å². The van der Waals surface area contributed by atoms with E-state index in [4.69, 9.17) is 10.2 Å². The molecule has 21 heavy (non-hydrogen) atoms. The fraction of sp³-hybridized carbons (Fsp3) is 0.385. The minimum absolute atomic E-state index is 0.0668. The van der Waals surface area contributed by atoms with Crippen LogP contribution in [0, 0.1) is 0 Å². The van der Waals surface area contributed by atoms with Crippen molar-refractivity contribution in [2.45, 2.75) is 25.6 Å². The minimum Gasteiger partial charge on any atom is -0.478 e. The van der Waals surface area contributed by atoms with E-state index in [1.807, 2.05) is 0 Å². The molecule has 0 aliphatic heterocycles. The third-order valence-corrected chi connectivity index (χ3v) is 3.18. The number of halogens is 3. The number of aliphatic hydroxyl groups excluding tert-OH is 1. The minimum atomic E-state index is -4.66. The zero-order valence-electron chi connectivity index (χ0n) is 11.1. The van der Waals surface area contributed by atoms with Crippen molar-refractivity contribution in [3.05, 3.63) is 29.6 Å². The zero-order valence-corrected chi connectivity index (χ0v) is 11.1. The normalized spacial score (nSPS) is 13.6. The van der Waals surface area contributed by atoms with E-state index in [-0.39, 0.29) is 29.6 Å². The molecule has 114 valence electrons. The van der Waals surface area contributed by atoms with Crippen LogP contribution in [0.15, 0.2) is 18.2 Å². The standard InChI is InChI=1S/C13H13F3N2O3/c1-7(4-5-19)18-10-6-8(11(20)21)2-3-9(10)17-12(18)13(14,15)16/h2-3,6-7,19H,4-5H2,1H3,(H,20,21). The average Bonchev–Trinajstić information content (AvgIpc) is 2.77. The summed E-state index contributed by atoms with van der Waals surface area (Å²) in [5.74, 6) is -2.32. The first kappa shape index (κ1) is 15.3. The molecule has 0 saturated carbocycles. The van der Waals surface area contributed by atoms with E-state index >= 15 is 0 Å². The quantitative estimate of drug-likeness (QED) is 0.910. The Labute approximate surface area is 117 Å². The van der Waals surface area contributed by atoms with Crippen LogP contribution in [0.5, 0.6) is 0 Å². The summed E-state index contributed by atoms with van der Waals surface area (Å²) in [4.78, 5) is 14.5. The van der Waals surface area contributed by atoms with Crippen molar-refractivity contribution in [3.63, 3.8) is 0 Å². The highest BCUT2D eigenvalue weighted by molar-refractivity contribution is 5.92. The fourth-order valence-electron chi connectivity index (χ4n) is 2.19. The van der Waals surface area contributed by atoms with Crippen LogP contribution in [0.3, 0.4) is 0 Å². The van der Waals surface area contributed by atoms with E-state index in [0.29, 0.717) is 0 Å². The van der Waals surface area contributed by atoms with Gasteiger partial charge in [0.05, 0.1) is 16.6 Å². The Morgan fingerprint density at radius 1 is 1.43 bits per heavy atom. The van der Waals surface area contributed by atoms with Gasteiger partial charge in [0.25, 0.3) is 0 Å². The van der Waals surface area contributed by atoms with Crippen LogP contribution in [0.25, 0.3) is 11.0 Å². The summed E-state index contributed by atoms with van der Waals surface area (Å²) >= 11 is 0. The van der Waals surface area contributed by atoms with Gasteiger partial charge < -0.3 is 14.8 Å². The van der Waals surface area contributed by atoms with Crippen molar-refractivity contribution < 1.29 is 28.2 Å². The first-order valence-electron chi connectivity index (χ1n) is 6.19. The van der Waals surface area contributed by atoms with Crippen LogP contribution < -0.4 is 0 Å². The molecule has 0 radical (unpaired) electrons. The second-order valence-corrected chi connectivity index (χ2v) is 4.67. The summed E-state index contributed by atoms with van der Waals surface area (Å²) in [5, 5.41) is 17.9. The fourth-order valence-corrected chi connectivity index (χ4v) is 2.19. The molecule has 0 aliphatic carbocycles. The molecule has 1 atom stereocenters. The number of carboxylic acids is 1. The Hall–Kier alpha value is -2.09. The predicted molar refractivity (Wildman–Crippen MR) is 68.1 cm³/mol. The summed E-state index contributed by atoms with van der Waals surface area (Å²) in [5.41, 5.74) is 0.0360. The summed E-state index contributed by atoms with van der Waals surface area (Å²) in [6.07, 6.45) is -4.56. The Morgan fingerprint density at radius 2 is 2.10 bits per heavy atom. The maximum Gasteiger partial charge on any atom is 0.449 e. The Kier molecular flexibility index (Phi) is 3.91. The first-order chi connectivity index (χ1) is 9.75. The van der Waals surface area contributed by atoms with Crippen LogP contribution >= 0.6 is 0 Å². The van der Waals surface area contributed by atoms with Crippen LogP contribution in [-0.2, 0) is 6.18 Å². The largest absolute Gasteiger partial charge is 0.478 e. The topological polar surface area (TPSA) is 75.3 Å². The van der Waals surface area contributed by atoms with Gasteiger partial charge in [0, 0.05) is 12.6 Å². The SMILES string of the molecule is CC(CCO)n1c(C(F)(F)F)nc2ccc(C(=O)O)cc21. The lowest BCUT2D eigenvalue weighted by Gasteiger charge is -2.18. The van der Waals surface area contributed by atoms with E-state index in [1.165, 1.54) is 19.1 Å². The highest BCUT2D eigenvalue weighted by atomic mass is 19.4. The second-order valence-electron chi connectivity index (χ2n) is 4.67. The number of hydrogen-bond donors (Lipinski definition) is 2. The van der Waals surface area contributed by atoms with Gasteiger partial charge in [-0.1, -0.05) is 0 Å². The number of benzene rings is 1. The van der Waals surface area contributed by atoms with Crippen molar-refractivity contribution in [1.29, 1.82) is 0 Å². The van der Waals surface area contributed by atoms with Gasteiger partial charge in [-0.25, -0.2) is 9.78 Å². The van der Waals surface area contributed by atoms with E-state index in [0.717, 1.165) is 10.6 Å². The van der Waals surface area contributed by atoms with E-state index in [1.54, 1.807) is 0 Å². The Morgan fingerprint density at radius 3 is 2.62 bits per heavy atom. The van der Waals surface area contributed by atoms with E-state index in [9.17, 15) is 18.0 Å². The molecule has 0 aliphatic rings. The lowest BCUT2D eigenvalue weighted by Crippen LogP contribution is -2.18. The number of hydrogen-bond acceptors (Lipinski definition) is 3. The van der Waals surface area contributed by atoms with Gasteiger partial charge in [0.15, 0.2) is 0 Å². The summed E-state index contributed by atoms with van der Waals surface area (Å²) in [7, 11) is 0. The third kappa shape index (κ3) is 2.85. The van der Waals surface area contributed by atoms with Crippen molar-refractivity contribution in [1.82, 2.24) is 9.55 Å². The molecule has 1 unspecified atom stereocenters. The number of imidazole rings is 1. The molecule has 0 amide bonds. The average molecular weight is 302 g/mol. The zero-order chi connectivity index (χ0) is 15.8. The van der Waals surface area contributed by atoms with Crippen molar-refractivity contribution in [3.8, 4) is 0 Å². The third-order valence-electron chi connectivity index (χ3n) is 3.18. The Balaban J connectivity index is 2.73. The predicted octanol–water partition coefficient (Wildman–Crippen LogP) is 2.70. The second kappa shape index (κ2) is 5.36. The number of nitrogens with zero attached hydrogens (tertiary/aromatic N) is 2. The molecule has 1 heterocycles. The monoisotopic (exact) mass is 302 g/mol. The van der Waals surface area contributed by atoms with Crippen LogP contribution in [0.1, 0.15) is 35.6 Å². The van der Waals surface area contributed by atoms with Crippen LogP contribution in [-0.4, -0.2) is 32.3 Å². The number of fused-ring (bicyclic) bond motifs is 1. The van der Waals surface area contributed by atoms with Gasteiger partial charge in [-0.3, -0.25) is 0 Å². The van der Waals surface area contributed by atoms with Crippen LogP contribution in [0.4, 0.5) is 13.2 Å². The van der Waals surface area contributed by atoms with Crippen molar-refractivity contribution in [2.75, 3.05) is 6.61 Å². The molecule has 0 spiro atoms. The van der Waals surface area contributed by atoms with Gasteiger partial charge in [-0.15, -0.1) is 0 Å². The highest BCUT2D eigenvalue weighted by Gasteiger charge is 2.38. The molecule has 2 aromatic rings. The lowest BCUT2D eigenvalue weighted by atomic mass is 10.2. The van der Waals surface area contributed by atoms with Crippen molar-refractivity contribution >= 4 is 17.0 Å². The number of carbonyl (C=O) groups is 1. The summed E-state index contributed by atoms with van der Waals surface area (Å²) in [6.45, 7) is 1.23. The van der Waals surface area contributed by atoms with Gasteiger partial charge >= 0.3 is 12.1 Å².